The minimum Gasteiger partial charge on any atom is -0.480 e. The van der Waals surface area contributed by atoms with Crippen LogP contribution in [0.2, 0.25) is 0 Å². The number of carboxylic acid groups (broad SMARTS) is 1. The van der Waals surface area contributed by atoms with E-state index in [4.69, 9.17) is 9.63 Å². The van der Waals surface area contributed by atoms with E-state index >= 15 is 0 Å². The number of aliphatic carboxylic acids is 1. The highest BCUT2D eigenvalue weighted by Crippen LogP contribution is 2.31. The lowest BCUT2D eigenvalue weighted by Crippen LogP contribution is -2.40. The van der Waals surface area contributed by atoms with E-state index < -0.39 is 12.0 Å². The molecule has 1 aliphatic rings. The number of hydrogen-bond donors (Lipinski definition) is 1. The lowest BCUT2D eigenvalue weighted by Gasteiger charge is -2.25. The van der Waals surface area contributed by atoms with Gasteiger partial charge in [-0.3, -0.25) is 9.69 Å². The van der Waals surface area contributed by atoms with Gasteiger partial charge in [-0.15, -0.1) is 0 Å². The fraction of sp³-hybridized carbons (Fsp3) is 0.667. The van der Waals surface area contributed by atoms with Crippen molar-refractivity contribution in [2.24, 2.45) is 0 Å². The largest absolute Gasteiger partial charge is 0.480 e. The van der Waals surface area contributed by atoms with Crippen LogP contribution in [0.25, 0.3) is 0 Å². The third-order valence-electron chi connectivity index (χ3n) is 3.39. The molecule has 0 amide bonds. The van der Waals surface area contributed by atoms with Crippen molar-refractivity contribution in [1.29, 1.82) is 0 Å². The van der Waals surface area contributed by atoms with Gasteiger partial charge >= 0.3 is 5.97 Å². The quantitative estimate of drug-likeness (QED) is 0.846. The standard InChI is InChI=1S/C12H18N2O3/c1-7-11(9(3)17-13-7)6-14(10-4-5-10)8(2)12(15)16/h8,10H,4-6H2,1-3H3,(H,15,16). The number of hydrogen-bond acceptors (Lipinski definition) is 4. The Bertz CT molecular complexity index is 404. The predicted octanol–water partition coefficient (Wildman–Crippen LogP) is 1.73. The maximum absolute atomic E-state index is 11.1. The van der Waals surface area contributed by atoms with Crippen LogP contribution in [-0.2, 0) is 11.3 Å². The van der Waals surface area contributed by atoms with E-state index in [2.05, 4.69) is 5.16 Å². The van der Waals surface area contributed by atoms with E-state index in [0.29, 0.717) is 12.6 Å². The van der Waals surface area contributed by atoms with Crippen molar-refractivity contribution in [2.75, 3.05) is 0 Å². The first kappa shape index (κ1) is 12.1. The number of aryl methyl sites for hydroxylation is 2. The second-order valence-corrected chi connectivity index (χ2v) is 4.72. The maximum atomic E-state index is 11.1. The normalized spacial score (nSPS) is 17.4. The van der Waals surface area contributed by atoms with Crippen molar-refractivity contribution in [2.45, 2.75) is 52.2 Å². The van der Waals surface area contributed by atoms with Crippen molar-refractivity contribution < 1.29 is 14.4 Å². The first-order valence-corrected chi connectivity index (χ1v) is 5.91. The topological polar surface area (TPSA) is 66.6 Å². The minimum atomic E-state index is -0.774. The van der Waals surface area contributed by atoms with Crippen LogP contribution in [0.15, 0.2) is 4.52 Å². The third kappa shape index (κ3) is 2.49. The summed E-state index contributed by atoms with van der Waals surface area (Å²) in [5.41, 5.74) is 1.87. The Morgan fingerprint density at radius 2 is 2.24 bits per heavy atom. The summed E-state index contributed by atoms with van der Waals surface area (Å²) in [6.07, 6.45) is 2.17. The first-order valence-electron chi connectivity index (χ1n) is 5.91. The molecule has 17 heavy (non-hydrogen) atoms. The molecule has 5 nitrogen and oxygen atoms in total. The van der Waals surface area contributed by atoms with Gasteiger partial charge in [-0.1, -0.05) is 5.16 Å². The van der Waals surface area contributed by atoms with Crippen molar-refractivity contribution in [3.8, 4) is 0 Å². The van der Waals surface area contributed by atoms with E-state index in [9.17, 15) is 4.79 Å². The molecule has 5 heteroatoms. The van der Waals surface area contributed by atoms with Gasteiger partial charge in [-0.25, -0.2) is 0 Å². The molecule has 0 bridgehead atoms. The van der Waals surface area contributed by atoms with Crippen LogP contribution in [-0.4, -0.2) is 33.2 Å². The van der Waals surface area contributed by atoms with E-state index in [1.54, 1.807) is 6.92 Å². The summed E-state index contributed by atoms with van der Waals surface area (Å²) in [6.45, 7) is 6.10. The Labute approximate surface area is 100 Å². The molecule has 1 fully saturated rings. The molecular weight excluding hydrogens is 220 g/mol. The SMILES string of the molecule is Cc1noc(C)c1CN(C1CC1)C(C)C(=O)O. The van der Waals surface area contributed by atoms with Crippen molar-refractivity contribution >= 4 is 5.97 Å². The fourth-order valence-corrected chi connectivity index (χ4v) is 2.04. The molecule has 1 heterocycles. The predicted molar refractivity (Wildman–Crippen MR) is 61.6 cm³/mol. The van der Waals surface area contributed by atoms with Gasteiger partial charge < -0.3 is 9.63 Å². The van der Waals surface area contributed by atoms with Crippen LogP contribution < -0.4 is 0 Å². The Morgan fingerprint density at radius 1 is 1.59 bits per heavy atom. The molecule has 1 saturated carbocycles. The number of carbonyl (C=O) groups is 1. The number of aromatic nitrogens is 1. The van der Waals surface area contributed by atoms with Crippen LogP contribution in [0, 0.1) is 13.8 Å². The molecule has 0 radical (unpaired) electrons. The van der Waals surface area contributed by atoms with Gasteiger partial charge in [0.25, 0.3) is 0 Å². The van der Waals surface area contributed by atoms with Crippen LogP contribution in [0.3, 0.4) is 0 Å². The van der Waals surface area contributed by atoms with Crippen molar-refractivity contribution in [1.82, 2.24) is 10.1 Å². The Balaban J connectivity index is 2.16. The van der Waals surface area contributed by atoms with E-state index in [1.807, 2.05) is 18.7 Å². The lowest BCUT2D eigenvalue weighted by molar-refractivity contribution is -0.143. The highest BCUT2D eigenvalue weighted by Gasteiger charge is 2.35. The summed E-state index contributed by atoms with van der Waals surface area (Å²) in [5, 5.41) is 13.0. The molecule has 94 valence electrons. The molecule has 1 aliphatic carbocycles. The van der Waals surface area contributed by atoms with Gasteiger partial charge in [0, 0.05) is 18.2 Å². The summed E-state index contributed by atoms with van der Waals surface area (Å²) < 4.78 is 5.11. The Kier molecular flexibility index (Phi) is 3.19. The van der Waals surface area contributed by atoms with E-state index in [1.165, 1.54) is 0 Å². The Hall–Kier alpha value is -1.36. The summed E-state index contributed by atoms with van der Waals surface area (Å²) in [6, 6.07) is -0.0639. The van der Waals surface area contributed by atoms with Crippen LogP contribution >= 0.6 is 0 Å². The fourth-order valence-electron chi connectivity index (χ4n) is 2.04. The molecule has 2 rings (SSSR count). The van der Waals surface area contributed by atoms with Gasteiger partial charge in [0.2, 0.25) is 0 Å². The van der Waals surface area contributed by atoms with Gasteiger partial charge in [-0.2, -0.15) is 0 Å². The molecular formula is C12H18N2O3. The van der Waals surface area contributed by atoms with Crippen LogP contribution in [0.1, 0.15) is 36.8 Å². The number of nitrogens with zero attached hydrogens (tertiary/aromatic N) is 2. The second kappa shape index (κ2) is 4.49. The average Bonchev–Trinajstić information content (AvgIpc) is 3.05. The molecule has 1 aromatic heterocycles. The molecule has 1 atom stereocenters. The third-order valence-corrected chi connectivity index (χ3v) is 3.39. The van der Waals surface area contributed by atoms with E-state index in [-0.39, 0.29) is 0 Å². The van der Waals surface area contributed by atoms with Crippen LogP contribution in [0.5, 0.6) is 0 Å². The van der Waals surface area contributed by atoms with Crippen LogP contribution in [0.4, 0.5) is 0 Å². The summed E-state index contributed by atoms with van der Waals surface area (Å²) in [5.74, 6) is 0.00870. The van der Waals surface area contributed by atoms with Gasteiger partial charge in [0.1, 0.15) is 11.8 Å². The zero-order valence-electron chi connectivity index (χ0n) is 10.4. The lowest BCUT2D eigenvalue weighted by atomic mass is 10.1. The summed E-state index contributed by atoms with van der Waals surface area (Å²) >= 11 is 0. The maximum Gasteiger partial charge on any atom is 0.320 e. The number of rotatable bonds is 5. The highest BCUT2D eigenvalue weighted by atomic mass is 16.5. The monoisotopic (exact) mass is 238 g/mol. The Morgan fingerprint density at radius 3 is 2.65 bits per heavy atom. The molecule has 0 aromatic carbocycles. The zero-order valence-corrected chi connectivity index (χ0v) is 10.4. The molecule has 0 aliphatic heterocycles. The summed E-state index contributed by atoms with van der Waals surface area (Å²) in [7, 11) is 0. The zero-order chi connectivity index (χ0) is 12.6. The summed E-state index contributed by atoms with van der Waals surface area (Å²) in [4.78, 5) is 13.1. The van der Waals surface area contributed by atoms with E-state index in [0.717, 1.165) is 29.9 Å². The smallest absolute Gasteiger partial charge is 0.320 e. The molecule has 1 unspecified atom stereocenters. The van der Waals surface area contributed by atoms with Gasteiger partial charge in [0.15, 0.2) is 0 Å². The average molecular weight is 238 g/mol. The first-order chi connectivity index (χ1) is 8.00. The molecule has 1 aromatic rings. The number of carboxylic acids is 1. The molecule has 0 saturated heterocycles. The van der Waals surface area contributed by atoms with Crippen molar-refractivity contribution in [3.63, 3.8) is 0 Å². The van der Waals surface area contributed by atoms with Gasteiger partial charge in [-0.05, 0) is 33.6 Å². The highest BCUT2D eigenvalue weighted by molar-refractivity contribution is 5.73. The van der Waals surface area contributed by atoms with Gasteiger partial charge in [0.05, 0.1) is 5.69 Å². The minimum absolute atomic E-state index is 0.398. The second-order valence-electron chi connectivity index (χ2n) is 4.72. The molecule has 0 spiro atoms. The van der Waals surface area contributed by atoms with Crippen molar-refractivity contribution in [3.05, 3.63) is 17.0 Å². The molecule has 1 N–H and O–H groups in total.